The molecule has 0 amide bonds. The minimum absolute atomic E-state index is 0.622. The number of nitrogens with one attached hydrogen (secondary N) is 1. The number of imidazole rings is 1. The molecular formula is C11H15N5O. The number of rotatable bonds is 6. The number of ether oxygens (including phenoxy) is 1. The Morgan fingerprint density at radius 1 is 1.35 bits per heavy atom. The molecule has 0 spiro atoms. The highest BCUT2D eigenvalue weighted by Crippen LogP contribution is 2.06. The molecule has 0 fully saturated rings. The van der Waals surface area contributed by atoms with Crippen molar-refractivity contribution < 1.29 is 4.74 Å². The topological polar surface area (TPSA) is 64.9 Å². The first-order chi connectivity index (χ1) is 8.38. The monoisotopic (exact) mass is 233 g/mol. The molecule has 0 saturated carbocycles. The van der Waals surface area contributed by atoms with Crippen molar-refractivity contribution in [2.75, 3.05) is 19.0 Å². The molecule has 1 N–H and O–H groups in total. The highest BCUT2D eigenvalue weighted by atomic mass is 16.5. The number of methoxy groups -OCH3 is 1. The third-order valence-corrected chi connectivity index (χ3v) is 2.30. The molecule has 2 heterocycles. The summed E-state index contributed by atoms with van der Waals surface area (Å²) in [6, 6.07) is 0. The lowest BCUT2D eigenvalue weighted by atomic mass is 10.4. The lowest BCUT2D eigenvalue weighted by Crippen LogP contribution is -2.08. The minimum Gasteiger partial charge on any atom is -0.494 e. The molecule has 6 nitrogen and oxygen atoms in total. The van der Waals surface area contributed by atoms with E-state index in [-0.39, 0.29) is 0 Å². The SMILES string of the molecule is COc1cnc(NCCCn2ccnc2)nc1. The van der Waals surface area contributed by atoms with Gasteiger partial charge >= 0.3 is 0 Å². The second kappa shape index (κ2) is 5.83. The van der Waals surface area contributed by atoms with Crippen LogP contribution in [0.2, 0.25) is 0 Å². The van der Waals surface area contributed by atoms with Gasteiger partial charge in [0.15, 0.2) is 5.75 Å². The lowest BCUT2D eigenvalue weighted by Gasteiger charge is -2.05. The maximum atomic E-state index is 4.98. The van der Waals surface area contributed by atoms with Crippen molar-refractivity contribution in [1.29, 1.82) is 0 Å². The Morgan fingerprint density at radius 3 is 2.82 bits per heavy atom. The number of hydrogen-bond acceptors (Lipinski definition) is 5. The molecule has 0 atom stereocenters. The largest absolute Gasteiger partial charge is 0.494 e. The van der Waals surface area contributed by atoms with Crippen LogP contribution in [0.3, 0.4) is 0 Å². The summed E-state index contributed by atoms with van der Waals surface area (Å²) in [5.74, 6) is 1.28. The van der Waals surface area contributed by atoms with E-state index in [0.29, 0.717) is 11.7 Å². The summed E-state index contributed by atoms with van der Waals surface area (Å²) < 4.78 is 7.02. The molecule has 90 valence electrons. The van der Waals surface area contributed by atoms with Gasteiger partial charge in [0.1, 0.15) is 0 Å². The highest BCUT2D eigenvalue weighted by molar-refractivity contribution is 5.26. The number of hydrogen-bond donors (Lipinski definition) is 1. The summed E-state index contributed by atoms with van der Waals surface area (Å²) in [6.07, 6.45) is 9.82. The summed E-state index contributed by atoms with van der Waals surface area (Å²) in [4.78, 5) is 12.2. The summed E-state index contributed by atoms with van der Waals surface area (Å²) in [5, 5.41) is 3.15. The van der Waals surface area contributed by atoms with Crippen molar-refractivity contribution in [2.24, 2.45) is 0 Å². The quantitative estimate of drug-likeness (QED) is 0.759. The third-order valence-electron chi connectivity index (χ3n) is 2.30. The first-order valence-electron chi connectivity index (χ1n) is 5.44. The molecule has 0 aliphatic carbocycles. The first-order valence-corrected chi connectivity index (χ1v) is 5.44. The molecule has 0 aromatic carbocycles. The van der Waals surface area contributed by atoms with Gasteiger partial charge < -0.3 is 14.6 Å². The van der Waals surface area contributed by atoms with Crippen molar-refractivity contribution in [1.82, 2.24) is 19.5 Å². The Hall–Kier alpha value is -2.11. The van der Waals surface area contributed by atoms with Crippen molar-refractivity contribution >= 4 is 5.95 Å². The maximum Gasteiger partial charge on any atom is 0.222 e. The van der Waals surface area contributed by atoms with Crippen LogP contribution in [0.25, 0.3) is 0 Å². The van der Waals surface area contributed by atoms with Gasteiger partial charge in [-0.2, -0.15) is 0 Å². The third kappa shape index (κ3) is 3.44. The lowest BCUT2D eigenvalue weighted by molar-refractivity contribution is 0.411. The Morgan fingerprint density at radius 2 is 2.18 bits per heavy atom. The van der Waals surface area contributed by atoms with Crippen molar-refractivity contribution in [3.8, 4) is 5.75 Å². The smallest absolute Gasteiger partial charge is 0.222 e. The van der Waals surface area contributed by atoms with Gasteiger partial charge in [-0.15, -0.1) is 0 Å². The maximum absolute atomic E-state index is 4.98. The van der Waals surface area contributed by atoms with E-state index in [2.05, 4.69) is 20.3 Å². The zero-order chi connectivity index (χ0) is 11.9. The first kappa shape index (κ1) is 11.4. The molecule has 2 aromatic rings. The normalized spacial score (nSPS) is 10.2. The Labute approximate surface area is 99.7 Å². The van der Waals surface area contributed by atoms with Crippen LogP contribution in [0.4, 0.5) is 5.95 Å². The van der Waals surface area contributed by atoms with Gasteiger partial charge in [-0.3, -0.25) is 0 Å². The van der Waals surface area contributed by atoms with E-state index < -0.39 is 0 Å². The average molecular weight is 233 g/mol. The number of aryl methyl sites for hydroxylation is 1. The molecule has 2 rings (SSSR count). The van der Waals surface area contributed by atoms with Gasteiger partial charge in [0.05, 0.1) is 25.8 Å². The molecule has 17 heavy (non-hydrogen) atoms. The average Bonchev–Trinajstić information content (AvgIpc) is 2.88. The van der Waals surface area contributed by atoms with Crippen molar-refractivity contribution in [2.45, 2.75) is 13.0 Å². The van der Waals surface area contributed by atoms with Gasteiger partial charge in [-0.05, 0) is 6.42 Å². The van der Waals surface area contributed by atoms with Gasteiger partial charge in [0.25, 0.3) is 0 Å². The molecule has 0 bridgehead atoms. The van der Waals surface area contributed by atoms with Crippen molar-refractivity contribution in [3.63, 3.8) is 0 Å². The Bertz CT molecular complexity index is 426. The van der Waals surface area contributed by atoms with Crippen LogP contribution >= 0.6 is 0 Å². The van der Waals surface area contributed by atoms with Crippen molar-refractivity contribution in [3.05, 3.63) is 31.1 Å². The molecular weight excluding hydrogens is 218 g/mol. The van der Waals surface area contributed by atoms with E-state index in [4.69, 9.17) is 4.74 Å². The van der Waals surface area contributed by atoms with Crippen LogP contribution in [0.15, 0.2) is 31.1 Å². The number of aromatic nitrogens is 4. The van der Waals surface area contributed by atoms with Crippen LogP contribution in [-0.2, 0) is 6.54 Å². The Kier molecular flexibility index (Phi) is 3.90. The molecule has 0 saturated heterocycles. The van der Waals surface area contributed by atoms with Gasteiger partial charge in [-0.1, -0.05) is 0 Å². The molecule has 0 aliphatic rings. The van der Waals surface area contributed by atoms with Crippen LogP contribution < -0.4 is 10.1 Å². The zero-order valence-corrected chi connectivity index (χ0v) is 9.71. The van der Waals surface area contributed by atoms with E-state index in [1.165, 1.54) is 0 Å². The molecule has 6 heteroatoms. The number of nitrogens with zero attached hydrogens (tertiary/aromatic N) is 4. The summed E-state index contributed by atoms with van der Waals surface area (Å²) >= 11 is 0. The van der Waals surface area contributed by atoms with E-state index in [0.717, 1.165) is 19.5 Å². The second-order valence-corrected chi connectivity index (χ2v) is 3.53. The zero-order valence-electron chi connectivity index (χ0n) is 9.71. The second-order valence-electron chi connectivity index (χ2n) is 3.53. The fourth-order valence-corrected chi connectivity index (χ4v) is 1.39. The van der Waals surface area contributed by atoms with Crippen LogP contribution in [-0.4, -0.2) is 33.2 Å². The van der Waals surface area contributed by atoms with E-state index >= 15 is 0 Å². The van der Waals surface area contributed by atoms with E-state index in [9.17, 15) is 0 Å². The summed E-state index contributed by atoms with van der Waals surface area (Å²) in [5.41, 5.74) is 0. The fourth-order valence-electron chi connectivity index (χ4n) is 1.39. The fraction of sp³-hybridized carbons (Fsp3) is 0.364. The van der Waals surface area contributed by atoms with E-state index in [1.807, 2.05) is 17.1 Å². The van der Waals surface area contributed by atoms with E-state index in [1.54, 1.807) is 25.7 Å². The molecule has 0 radical (unpaired) electrons. The predicted octanol–water partition coefficient (Wildman–Crippen LogP) is 1.18. The van der Waals surface area contributed by atoms with Crippen LogP contribution in [0, 0.1) is 0 Å². The van der Waals surface area contributed by atoms with Gasteiger partial charge in [0, 0.05) is 25.5 Å². The molecule has 0 unspecified atom stereocenters. The minimum atomic E-state index is 0.622. The van der Waals surface area contributed by atoms with Gasteiger partial charge in [0.2, 0.25) is 5.95 Å². The standard InChI is InChI=1S/C11H15N5O/c1-17-10-7-14-11(15-8-10)13-3-2-5-16-6-4-12-9-16/h4,6-9H,2-3,5H2,1H3,(H,13,14,15). The predicted molar refractivity (Wildman–Crippen MR) is 63.9 cm³/mol. The van der Waals surface area contributed by atoms with Crippen LogP contribution in [0.1, 0.15) is 6.42 Å². The Balaban J connectivity index is 1.70. The van der Waals surface area contributed by atoms with Gasteiger partial charge in [-0.25, -0.2) is 15.0 Å². The number of anilines is 1. The molecule has 0 aliphatic heterocycles. The highest BCUT2D eigenvalue weighted by Gasteiger charge is 1.96. The summed E-state index contributed by atoms with van der Waals surface area (Å²) in [7, 11) is 1.59. The molecule has 2 aromatic heterocycles. The van der Waals surface area contributed by atoms with Crippen LogP contribution in [0.5, 0.6) is 5.75 Å². The summed E-state index contributed by atoms with van der Waals surface area (Å²) in [6.45, 7) is 1.76.